The van der Waals surface area contributed by atoms with Crippen LogP contribution in [0.4, 0.5) is 5.82 Å². The first-order valence-corrected chi connectivity index (χ1v) is 10.4. The molecule has 2 aromatic heterocycles. The molecule has 0 saturated carbocycles. The number of amides is 1. The normalized spacial score (nSPS) is 14.5. The molecular weight excluding hydrogens is 386 g/mol. The average Bonchev–Trinajstić information content (AvgIpc) is 3.26. The molecule has 0 radical (unpaired) electrons. The Morgan fingerprint density at radius 3 is 2.42 bits per heavy atom. The molecule has 4 aromatic rings. The van der Waals surface area contributed by atoms with Crippen LogP contribution < -0.4 is 4.90 Å². The van der Waals surface area contributed by atoms with Gasteiger partial charge in [0.05, 0.1) is 11.2 Å². The molecule has 0 unspecified atom stereocenters. The zero-order chi connectivity index (χ0) is 21.0. The second-order valence-corrected chi connectivity index (χ2v) is 7.58. The van der Waals surface area contributed by atoms with E-state index in [9.17, 15) is 4.79 Å². The van der Waals surface area contributed by atoms with Crippen LogP contribution in [0.3, 0.4) is 0 Å². The van der Waals surface area contributed by atoms with Crippen molar-refractivity contribution in [3.05, 3.63) is 89.7 Å². The van der Waals surface area contributed by atoms with Crippen LogP contribution in [-0.4, -0.2) is 52.2 Å². The molecule has 6 heteroatoms. The van der Waals surface area contributed by atoms with Gasteiger partial charge in [0.1, 0.15) is 5.82 Å². The molecule has 0 atom stereocenters. The fraction of sp³-hybridized carbons (Fsp3) is 0.160. The first-order chi connectivity index (χ1) is 15.3. The Kier molecular flexibility index (Phi) is 5.19. The van der Waals surface area contributed by atoms with Gasteiger partial charge in [-0.2, -0.15) is 5.10 Å². The summed E-state index contributed by atoms with van der Waals surface area (Å²) in [5.74, 6) is 1.05. The summed E-state index contributed by atoms with van der Waals surface area (Å²) in [7, 11) is 0. The molecular formula is C25H23N5O. The molecule has 1 saturated heterocycles. The minimum Gasteiger partial charge on any atom is -0.353 e. The van der Waals surface area contributed by atoms with Gasteiger partial charge in [0.25, 0.3) is 5.91 Å². The number of para-hydroxylation sites is 1. The largest absolute Gasteiger partial charge is 0.353 e. The second-order valence-electron chi connectivity index (χ2n) is 7.58. The second kappa shape index (κ2) is 8.44. The van der Waals surface area contributed by atoms with Gasteiger partial charge < -0.3 is 9.80 Å². The van der Waals surface area contributed by atoms with E-state index in [2.05, 4.69) is 20.1 Å². The zero-order valence-electron chi connectivity index (χ0n) is 17.1. The number of fused-ring (bicyclic) bond motifs is 1. The van der Waals surface area contributed by atoms with Gasteiger partial charge in [-0.15, -0.1) is 0 Å². The summed E-state index contributed by atoms with van der Waals surface area (Å²) in [5.41, 5.74) is 3.67. The van der Waals surface area contributed by atoms with Gasteiger partial charge in [-0.25, -0.2) is 4.98 Å². The van der Waals surface area contributed by atoms with Crippen molar-refractivity contribution in [2.24, 2.45) is 0 Å². The predicted octanol–water partition coefficient (Wildman–Crippen LogP) is 4.09. The van der Waals surface area contributed by atoms with E-state index in [0.29, 0.717) is 18.7 Å². The monoisotopic (exact) mass is 409 g/mol. The van der Waals surface area contributed by atoms with Crippen LogP contribution in [0.5, 0.6) is 0 Å². The molecule has 1 fully saturated rings. The topological polar surface area (TPSA) is 65.1 Å². The number of aromatic nitrogens is 3. The van der Waals surface area contributed by atoms with Gasteiger partial charge in [-0.3, -0.25) is 9.89 Å². The van der Waals surface area contributed by atoms with Crippen molar-refractivity contribution in [3.63, 3.8) is 0 Å². The molecule has 1 N–H and O–H groups in total. The lowest BCUT2D eigenvalue weighted by atomic mass is 10.1. The van der Waals surface area contributed by atoms with E-state index in [-0.39, 0.29) is 5.91 Å². The number of hydrogen-bond donors (Lipinski definition) is 1. The van der Waals surface area contributed by atoms with Crippen LogP contribution >= 0.6 is 0 Å². The number of carbonyl (C=O) groups excluding carboxylic acids is 1. The van der Waals surface area contributed by atoms with Crippen molar-refractivity contribution in [3.8, 4) is 0 Å². The standard InChI is InChI=1S/C25H23N5O/c31-25(30-17-15-29(16-18-30)24-7-3-4-14-26-24)20-11-8-19(9-12-20)10-13-23-21-5-1-2-6-22(21)27-28-23/h1-14H,15-18H2,(H,27,28). The number of pyridine rings is 1. The van der Waals surface area contributed by atoms with Crippen molar-refractivity contribution < 1.29 is 4.79 Å². The van der Waals surface area contributed by atoms with E-state index >= 15 is 0 Å². The van der Waals surface area contributed by atoms with Gasteiger partial charge in [0.2, 0.25) is 0 Å². The lowest BCUT2D eigenvalue weighted by Crippen LogP contribution is -2.49. The number of piperazine rings is 1. The van der Waals surface area contributed by atoms with E-state index < -0.39 is 0 Å². The van der Waals surface area contributed by atoms with Crippen LogP contribution in [0, 0.1) is 0 Å². The van der Waals surface area contributed by atoms with Crippen LogP contribution in [0.25, 0.3) is 23.1 Å². The van der Waals surface area contributed by atoms with Crippen LogP contribution in [0.15, 0.2) is 72.9 Å². The highest BCUT2D eigenvalue weighted by Crippen LogP contribution is 2.19. The lowest BCUT2D eigenvalue weighted by molar-refractivity contribution is 0.0746. The van der Waals surface area contributed by atoms with Gasteiger partial charge >= 0.3 is 0 Å². The number of nitrogens with one attached hydrogen (secondary N) is 1. The third kappa shape index (κ3) is 4.05. The van der Waals surface area contributed by atoms with E-state index in [1.54, 1.807) is 6.20 Å². The molecule has 0 aliphatic carbocycles. The summed E-state index contributed by atoms with van der Waals surface area (Å²) < 4.78 is 0. The van der Waals surface area contributed by atoms with Gasteiger partial charge in [-0.05, 0) is 42.0 Å². The minimum atomic E-state index is 0.0782. The zero-order valence-corrected chi connectivity index (χ0v) is 17.1. The van der Waals surface area contributed by atoms with Crippen molar-refractivity contribution in [1.82, 2.24) is 20.1 Å². The van der Waals surface area contributed by atoms with Crippen molar-refractivity contribution >= 4 is 34.8 Å². The highest BCUT2D eigenvalue weighted by atomic mass is 16.2. The molecule has 0 spiro atoms. The van der Waals surface area contributed by atoms with E-state index in [1.807, 2.05) is 83.8 Å². The van der Waals surface area contributed by atoms with Crippen LogP contribution in [-0.2, 0) is 0 Å². The maximum Gasteiger partial charge on any atom is 0.253 e. The maximum absolute atomic E-state index is 12.9. The SMILES string of the molecule is O=C(c1ccc(C=Cc2n[nH]c3ccccc23)cc1)N1CCN(c2ccccn2)CC1. The lowest BCUT2D eigenvalue weighted by Gasteiger charge is -2.35. The fourth-order valence-electron chi connectivity index (χ4n) is 3.89. The van der Waals surface area contributed by atoms with Crippen molar-refractivity contribution in [2.45, 2.75) is 0 Å². The predicted molar refractivity (Wildman–Crippen MR) is 124 cm³/mol. The van der Waals surface area contributed by atoms with Crippen molar-refractivity contribution in [2.75, 3.05) is 31.1 Å². The molecule has 31 heavy (non-hydrogen) atoms. The Hall–Kier alpha value is -3.93. The third-order valence-electron chi connectivity index (χ3n) is 5.63. The first-order valence-electron chi connectivity index (χ1n) is 10.4. The van der Waals surface area contributed by atoms with Gasteiger partial charge in [0.15, 0.2) is 0 Å². The molecule has 3 heterocycles. The molecule has 6 nitrogen and oxygen atoms in total. The summed E-state index contributed by atoms with van der Waals surface area (Å²) in [4.78, 5) is 21.4. The van der Waals surface area contributed by atoms with Crippen LogP contribution in [0.1, 0.15) is 21.6 Å². The Morgan fingerprint density at radius 2 is 1.65 bits per heavy atom. The Labute approximate surface area is 180 Å². The molecule has 1 amide bonds. The van der Waals surface area contributed by atoms with E-state index in [4.69, 9.17) is 0 Å². The van der Waals surface area contributed by atoms with Crippen LogP contribution in [0.2, 0.25) is 0 Å². The Balaban J connectivity index is 1.22. The summed E-state index contributed by atoms with van der Waals surface area (Å²) >= 11 is 0. The molecule has 2 aromatic carbocycles. The highest BCUT2D eigenvalue weighted by Gasteiger charge is 2.22. The highest BCUT2D eigenvalue weighted by molar-refractivity contribution is 5.95. The number of nitrogens with zero attached hydrogens (tertiary/aromatic N) is 4. The number of hydrogen-bond acceptors (Lipinski definition) is 4. The molecule has 0 bridgehead atoms. The maximum atomic E-state index is 12.9. The number of carbonyl (C=O) groups is 1. The van der Waals surface area contributed by atoms with Gasteiger partial charge in [0, 0.05) is 43.3 Å². The number of anilines is 1. The number of rotatable bonds is 4. The molecule has 1 aliphatic heterocycles. The molecule has 154 valence electrons. The smallest absolute Gasteiger partial charge is 0.253 e. The number of aromatic amines is 1. The average molecular weight is 409 g/mol. The van der Waals surface area contributed by atoms with E-state index in [1.165, 1.54) is 0 Å². The van der Waals surface area contributed by atoms with E-state index in [0.717, 1.165) is 41.1 Å². The third-order valence-corrected chi connectivity index (χ3v) is 5.63. The number of benzene rings is 2. The van der Waals surface area contributed by atoms with Crippen molar-refractivity contribution in [1.29, 1.82) is 0 Å². The number of H-pyrrole nitrogens is 1. The fourth-order valence-corrected chi connectivity index (χ4v) is 3.89. The molecule has 1 aliphatic rings. The Morgan fingerprint density at radius 1 is 0.871 bits per heavy atom. The van der Waals surface area contributed by atoms with Gasteiger partial charge in [-0.1, -0.05) is 42.5 Å². The molecule has 5 rings (SSSR count). The minimum absolute atomic E-state index is 0.0782. The quantitative estimate of drug-likeness (QED) is 0.551. The summed E-state index contributed by atoms with van der Waals surface area (Å²) in [6.07, 6.45) is 5.81. The summed E-state index contributed by atoms with van der Waals surface area (Å²) in [6.45, 7) is 2.98. The summed E-state index contributed by atoms with van der Waals surface area (Å²) in [5, 5.41) is 8.50. The first kappa shape index (κ1) is 19.1. The Bertz CT molecular complexity index is 1210. The summed E-state index contributed by atoms with van der Waals surface area (Å²) in [6, 6.07) is 21.7.